The lowest BCUT2D eigenvalue weighted by Crippen LogP contribution is -2.15. The van der Waals surface area contributed by atoms with Crippen LogP contribution < -0.4 is 5.32 Å². The zero-order valence-corrected chi connectivity index (χ0v) is 12.2. The lowest BCUT2D eigenvalue weighted by atomic mass is 10.0. The number of nitrogens with one attached hydrogen (secondary N) is 1. The molecule has 0 saturated heterocycles. The van der Waals surface area contributed by atoms with Crippen molar-refractivity contribution in [3.05, 3.63) is 36.4 Å². The van der Waals surface area contributed by atoms with Crippen LogP contribution in [0.15, 0.2) is 36.4 Å². The Labute approximate surface area is 120 Å². The van der Waals surface area contributed by atoms with Crippen LogP contribution in [-0.2, 0) is 0 Å². The highest BCUT2D eigenvalue weighted by Crippen LogP contribution is 2.17. The molecule has 2 nitrogen and oxygen atoms in total. The van der Waals surface area contributed by atoms with E-state index in [1.807, 2.05) is 24.3 Å². The predicted molar refractivity (Wildman–Crippen MR) is 84.0 cm³/mol. The van der Waals surface area contributed by atoms with Gasteiger partial charge in [0.05, 0.1) is 5.52 Å². The standard InChI is InChI=1S/C16H21ClN2/c1-2-5-13(10-11-17)12-18-16-9-8-14-6-3-4-7-15(14)19-16/h3-4,6-9,13H,2,5,10-12H2,1H3,(H,18,19). The monoisotopic (exact) mass is 276 g/mol. The average molecular weight is 277 g/mol. The Bertz CT molecular complexity index is 507. The van der Waals surface area contributed by atoms with Crippen molar-refractivity contribution in [1.82, 2.24) is 4.98 Å². The van der Waals surface area contributed by atoms with Gasteiger partial charge in [-0.05, 0) is 37.0 Å². The topological polar surface area (TPSA) is 24.9 Å². The van der Waals surface area contributed by atoms with Crippen molar-refractivity contribution in [2.45, 2.75) is 26.2 Å². The molecule has 19 heavy (non-hydrogen) atoms. The summed E-state index contributed by atoms with van der Waals surface area (Å²) in [7, 11) is 0. The second-order valence-electron chi connectivity index (χ2n) is 4.90. The summed E-state index contributed by atoms with van der Waals surface area (Å²) in [6.07, 6.45) is 3.48. The molecule has 1 aromatic heterocycles. The molecule has 1 N–H and O–H groups in total. The van der Waals surface area contributed by atoms with Crippen LogP contribution in [0.25, 0.3) is 10.9 Å². The first-order valence-corrected chi connectivity index (χ1v) is 7.52. The van der Waals surface area contributed by atoms with Gasteiger partial charge in [0.1, 0.15) is 5.82 Å². The number of nitrogens with zero attached hydrogens (tertiary/aromatic N) is 1. The second-order valence-corrected chi connectivity index (χ2v) is 5.28. The van der Waals surface area contributed by atoms with Crippen molar-refractivity contribution in [3.63, 3.8) is 0 Å². The minimum atomic E-state index is 0.635. The Balaban J connectivity index is 2.00. The van der Waals surface area contributed by atoms with Gasteiger partial charge < -0.3 is 5.32 Å². The van der Waals surface area contributed by atoms with Crippen molar-refractivity contribution in [2.24, 2.45) is 5.92 Å². The number of halogens is 1. The summed E-state index contributed by atoms with van der Waals surface area (Å²) in [5.74, 6) is 2.32. The normalized spacial score (nSPS) is 12.5. The molecule has 1 heterocycles. The number of hydrogen-bond acceptors (Lipinski definition) is 2. The number of aromatic nitrogens is 1. The molecular weight excluding hydrogens is 256 g/mol. The third-order valence-electron chi connectivity index (χ3n) is 3.38. The van der Waals surface area contributed by atoms with E-state index in [4.69, 9.17) is 11.6 Å². The van der Waals surface area contributed by atoms with E-state index >= 15 is 0 Å². The van der Waals surface area contributed by atoms with Crippen LogP contribution in [0, 0.1) is 5.92 Å². The van der Waals surface area contributed by atoms with Crippen molar-refractivity contribution in [1.29, 1.82) is 0 Å². The van der Waals surface area contributed by atoms with E-state index in [2.05, 4.69) is 29.4 Å². The van der Waals surface area contributed by atoms with E-state index in [0.717, 1.165) is 30.2 Å². The molecule has 0 fully saturated rings. The molecular formula is C16H21ClN2. The van der Waals surface area contributed by atoms with Gasteiger partial charge in [-0.15, -0.1) is 11.6 Å². The van der Waals surface area contributed by atoms with Gasteiger partial charge in [0, 0.05) is 17.8 Å². The molecule has 0 radical (unpaired) electrons. The van der Waals surface area contributed by atoms with E-state index in [9.17, 15) is 0 Å². The van der Waals surface area contributed by atoms with Gasteiger partial charge in [-0.2, -0.15) is 0 Å². The van der Waals surface area contributed by atoms with E-state index in [1.54, 1.807) is 0 Å². The van der Waals surface area contributed by atoms with Crippen LogP contribution in [0.4, 0.5) is 5.82 Å². The molecule has 0 spiro atoms. The first-order valence-electron chi connectivity index (χ1n) is 6.99. The van der Waals surface area contributed by atoms with Crippen molar-refractivity contribution < 1.29 is 0 Å². The van der Waals surface area contributed by atoms with Gasteiger partial charge in [-0.25, -0.2) is 4.98 Å². The van der Waals surface area contributed by atoms with Crippen LogP contribution in [-0.4, -0.2) is 17.4 Å². The fourth-order valence-electron chi connectivity index (χ4n) is 2.32. The molecule has 0 saturated carbocycles. The molecule has 1 atom stereocenters. The number of fused-ring (bicyclic) bond motifs is 1. The Hall–Kier alpha value is -1.28. The quantitative estimate of drug-likeness (QED) is 0.742. The molecule has 0 aliphatic rings. The van der Waals surface area contributed by atoms with Crippen LogP contribution >= 0.6 is 11.6 Å². The highest BCUT2D eigenvalue weighted by molar-refractivity contribution is 6.17. The largest absolute Gasteiger partial charge is 0.370 e. The highest BCUT2D eigenvalue weighted by atomic mass is 35.5. The Morgan fingerprint density at radius 3 is 2.79 bits per heavy atom. The maximum Gasteiger partial charge on any atom is 0.126 e. The highest BCUT2D eigenvalue weighted by Gasteiger charge is 2.07. The minimum absolute atomic E-state index is 0.635. The fourth-order valence-corrected chi connectivity index (χ4v) is 2.63. The summed E-state index contributed by atoms with van der Waals surface area (Å²) < 4.78 is 0. The molecule has 1 aromatic carbocycles. The predicted octanol–water partition coefficient (Wildman–Crippen LogP) is 4.69. The SMILES string of the molecule is CCCC(CCCl)CNc1ccc2ccccc2n1. The smallest absolute Gasteiger partial charge is 0.126 e. The summed E-state index contributed by atoms with van der Waals surface area (Å²) in [6.45, 7) is 3.17. The number of benzene rings is 1. The molecule has 2 rings (SSSR count). The third-order valence-corrected chi connectivity index (χ3v) is 3.60. The van der Waals surface area contributed by atoms with Gasteiger partial charge in [0.15, 0.2) is 0 Å². The number of para-hydroxylation sites is 1. The summed E-state index contributed by atoms with van der Waals surface area (Å²) >= 11 is 5.85. The first kappa shape index (κ1) is 14.1. The molecule has 0 aliphatic heterocycles. The Kier molecular flexibility index (Phi) is 5.46. The fraction of sp³-hybridized carbons (Fsp3) is 0.438. The maximum absolute atomic E-state index is 5.85. The van der Waals surface area contributed by atoms with Gasteiger partial charge in [0.25, 0.3) is 0 Å². The van der Waals surface area contributed by atoms with Crippen molar-refractivity contribution in [3.8, 4) is 0 Å². The van der Waals surface area contributed by atoms with Crippen LogP contribution in [0.2, 0.25) is 0 Å². The first-order chi connectivity index (χ1) is 9.33. The average Bonchev–Trinajstić information content (AvgIpc) is 2.45. The second kappa shape index (κ2) is 7.34. The number of rotatable bonds is 7. The molecule has 0 amide bonds. The Morgan fingerprint density at radius 1 is 1.16 bits per heavy atom. The maximum atomic E-state index is 5.85. The van der Waals surface area contributed by atoms with Gasteiger partial charge in [0.2, 0.25) is 0 Å². The number of alkyl halides is 1. The van der Waals surface area contributed by atoms with Crippen LogP contribution in [0.3, 0.4) is 0 Å². The summed E-state index contributed by atoms with van der Waals surface area (Å²) in [5, 5.41) is 4.62. The van der Waals surface area contributed by atoms with Gasteiger partial charge in [-0.3, -0.25) is 0 Å². The van der Waals surface area contributed by atoms with E-state index in [0.29, 0.717) is 5.92 Å². The summed E-state index contributed by atoms with van der Waals surface area (Å²) in [4.78, 5) is 4.62. The van der Waals surface area contributed by atoms with Gasteiger partial charge in [-0.1, -0.05) is 31.5 Å². The summed E-state index contributed by atoms with van der Waals surface area (Å²) in [6, 6.07) is 12.3. The van der Waals surface area contributed by atoms with Crippen molar-refractivity contribution >= 4 is 28.3 Å². The molecule has 102 valence electrons. The molecule has 0 aliphatic carbocycles. The Morgan fingerprint density at radius 2 is 2.00 bits per heavy atom. The van der Waals surface area contributed by atoms with E-state index in [1.165, 1.54) is 18.2 Å². The molecule has 3 heteroatoms. The summed E-state index contributed by atoms with van der Waals surface area (Å²) in [5.41, 5.74) is 1.04. The van der Waals surface area contributed by atoms with Crippen molar-refractivity contribution in [2.75, 3.05) is 17.7 Å². The van der Waals surface area contributed by atoms with Crippen LogP contribution in [0.1, 0.15) is 26.2 Å². The lowest BCUT2D eigenvalue weighted by molar-refractivity contribution is 0.490. The molecule has 2 aromatic rings. The molecule has 0 bridgehead atoms. The number of pyridine rings is 1. The van der Waals surface area contributed by atoms with E-state index in [-0.39, 0.29) is 0 Å². The van der Waals surface area contributed by atoms with Gasteiger partial charge >= 0.3 is 0 Å². The van der Waals surface area contributed by atoms with E-state index < -0.39 is 0 Å². The third kappa shape index (κ3) is 4.10. The number of hydrogen-bond donors (Lipinski definition) is 1. The number of anilines is 1. The zero-order chi connectivity index (χ0) is 13.5. The van der Waals surface area contributed by atoms with Crippen LogP contribution in [0.5, 0.6) is 0 Å². The lowest BCUT2D eigenvalue weighted by Gasteiger charge is -2.16. The zero-order valence-electron chi connectivity index (χ0n) is 11.4. The minimum Gasteiger partial charge on any atom is -0.370 e. The molecule has 1 unspecified atom stereocenters.